The van der Waals surface area contributed by atoms with Crippen molar-refractivity contribution in [3.05, 3.63) is 0 Å². The third kappa shape index (κ3) is 4.37. The van der Waals surface area contributed by atoms with Crippen molar-refractivity contribution in [3.63, 3.8) is 0 Å². The van der Waals surface area contributed by atoms with Gasteiger partial charge in [-0.2, -0.15) is 0 Å². The molecule has 96 valence electrons. The summed E-state index contributed by atoms with van der Waals surface area (Å²) in [5, 5.41) is 0. The highest BCUT2D eigenvalue weighted by Gasteiger charge is 2.24. The molecule has 0 aromatic heterocycles. The number of piperazine rings is 1. The van der Waals surface area contributed by atoms with Crippen molar-refractivity contribution < 1.29 is 4.79 Å². The Morgan fingerprint density at radius 3 is 2.59 bits per heavy atom. The summed E-state index contributed by atoms with van der Waals surface area (Å²) in [7, 11) is 0. The van der Waals surface area contributed by atoms with Crippen LogP contribution in [0.25, 0.3) is 0 Å². The van der Waals surface area contributed by atoms with Crippen LogP contribution in [-0.2, 0) is 4.79 Å². The van der Waals surface area contributed by atoms with E-state index in [1.165, 1.54) is 0 Å². The second-order valence-corrected chi connectivity index (χ2v) is 4.55. The van der Waals surface area contributed by atoms with Crippen LogP contribution in [0.2, 0.25) is 0 Å². The smallest absolute Gasteiger partial charge is 0.239 e. The number of carbonyl (C=O) groups is 1. The summed E-state index contributed by atoms with van der Waals surface area (Å²) in [6.45, 7) is 5.99. The molecular formula is C13H23N3O. The lowest BCUT2D eigenvalue weighted by molar-refractivity contribution is -0.134. The van der Waals surface area contributed by atoms with Gasteiger partial charge in [-0.05, 0) is 6.42 Å². The van der Waals surface area contributed by atoms with E-state index in [2.05, 4.69) is 17.7 Å². The van der Waals surface area contributed by atoms with Gasteiger partial charge >= 0.3 is 0 Å². The average molecular weight is 237 g/mol. The largest absolute Gasteiger partial charge is 0.339 e. The Labute approximate surface area is 104 Å². The minimum atomic E-state index is -0.325. The zero-order valence-corrected chi connectivity index (χ0v) is 10.7. The SMILES string of the molecule is C#CCN1CCN(C(=O)C(N)CCCC)CC1. The molecule has 1 fully saturated rings. The lowest BCUT2D eigenvalue weighted by Gasteiger charge is -2.35. The molecule has 17 heavy (non-hydrogen) atoms. The molecule has 1 aliphatic heterocycles. The first-order valence-corrected chi connectivity index (χ1v) is 6.39. The van der Waals surface area contributed by atoms with E-state index in [1.807, 2.05) is 4.90 Å². The number of rotatable bonds is 5. The number of hydrogen-bond donors (Lipinski definition) is 1. The number of nitrogens with zero attached hydrogens (tertiary/aromatic N) is 2. The van der Waals surface area contributed by atoms with Crippen LogP contribution in [0.1, 0.15) is 26.2 Å². The number of nitrogens with two attached hydrogens (primary N) is 1. The van der Waals surface area contributed by atoms with Crippen LogP contribution in [0.5, 0.6) is 0 Å². The average Bonchev–Trinajstić information content (AvgIpc) is 2.36. The standard InChI is InChI=1S/C13H23N3O/c1-3-5-6-12(14)13(17)16-10-8-15(7-4-2)9-11-16/h2,12H,3,5-11,14H2,1H3. The van der Waals surface area contributed by atoms with Crippen molar-refractivity contribution in [1.82, 2.24) is 9.80 Å². The molecular weight excluding hydrogens is 214 g/mol. The molecule has 0 aromatic carbocycles. The summed E-state index contributed by atoms with van der Waals surface area (Å²) in [6, 6.07) is -0.325. The second kappa shape index (κ2) is 7.31. The molecule has 0 aliphatic carbocycles. The zero-order valence-electron chi connectivity index (χ0n) is 10.7. The minimum Gasteiger partial charge on any atom is -0.339 e. The zero-order chi connectivity index (χ0) is 12.7. The van der Waals surface area contributed by atoms with Gasteiger partial charge in [0.1, 0.15) is 0 Å². The van der Waals surface area contributed by atoms with Crippen LogP contribution in [0.4, 0.5) is 0 Å². The highest BCUT2D eigenvalue weighted by molar-refractivity contribution is 5.81. The highest BCUT2D eigenvalue weighted by Crippen LogP contribution is 2.06. The first-order valence-electron chi connectivity index (χ1n) is 6.39. The molecule has 0 radical (unpaired) electrons. The molecule has 1 heterocycles. The lowest BCUT2D eigenvalue weighted by Crippen LogP contribution is -2.53. The van der Waals surface area contributed by atoms with Crippen LogP contribution in [0, 0.1) is 12.3 Å². The van der Waals surface area contributed by atoms with E-state index in [1.54, 1.807) is 0 Å². The number of carbonyl (C=O) groups excluding carboxylic acids is 1. The fraction of sp³-hybridized carbons (Fsp3) is 0.769. The van der Waals surface area contributed by atoms with Crippen LogP contribution >= 0.6 is 0 Å². The number of amides is 1. The topological polar surface area (TPSA) is 49.6 Å². The monoisotopic (exact) mass is 237 g/mol. The Morgan fingerprint density at radius 2 is 2.06 bits per heavy atom. The van der Waals surface area contributed by atoms with E-state index in [4.69, 9.17) is 12.2 Å². The molecule has 0 bridgehead atoms. The molecule has 1 amide bonds. The van der Waals surface area contributed by atoms with Crippen molar-refractivity contribution in [1.29, 1.82) is 0 Å². The highest BCUT2D eigenvalue weighted by atomic mass is 16.2. The van der Waals surface area contributed by atoms with E-state index in [9.17, 15) is 4.79 Å². The Hall–Kier alpha value is -1.05. The predicted octanol–water partition coefficient (Wildman–Crippen LogP) is 0.281. The van der Waals surface area contributed by atoms with E-state index in [0.29, 0.717) is 6.54 Å². The van der Waals surface area contributed by atoms with Crippen molar-refractivity contribution >= 4 is 5.91 Å². The molecule has 1 saturated heterocycles. The Kier molecular flexibility index (Phi) is 6.03. The van der Waals surface area contributed by atoms with Crippen molar-refractivity contribution in [2.75, 3.05) is 32.7 Å². The molecule has 0 aromatic rings. The molecule has 2 N–H and O–H groups in total. The third-order valence-electron chi connectivity index (χ3n) is 3.18. The van der Waals surface area contributed by atoms with Crippen LogP contribution < -0.4 is 5.73 Å². The van der Waals surface area contributed by atoms with Gasteiger partial charge in [0.05, 0.1) is 12.6 Å². The Bertz CT molecular complexity index is 277. The summed E-state index contributed by atoms with van der Waals surface area (Å²) < 4.78 is 0. The van der Waals surface area contributed by atoms with E-state index >= 15 is 0 Å². The Balaban J connectivity index is 2.33. The van der Waals surface area contributed by atoms with Crippen LogP contribution in [0.3, 0.4) is 0 Å². The maximum atomic E-state index is 12.0. The van der Waals surface area contributed by atoms with Crippen molar-refractivity contribution in [2.45, 2.75) is 32.2 Å². The molecule has 1 aliphatic rings. The van der Waals surface area contributed by atoms with Crippen molar-refractivity contribution in [2.24, 2.45) is 5.73 Å². The molecule has 4 heteroatoms. The first-order chi connectivity index (χ1) is 8.19. The molecule has 0 spiro atoms. The summed E-state index contributed by atoms with van der Waals surface area (Å²) in [4.78, 5) is 16.1. The lowest BCUT2D eigenvalue weighted by atomic mass is 10.1. The van der Waals surface area contributed by atoms with Crippen LogP contribution in [0.15, 0.2) is 0 Å². The van der Waals surface area contributed by atoms with E-state index in [-0.39, 0.29) is 11.9 Å². The van der Waals surface area contributed by atoms with Gasteiger partial charge in [-0.25, -0.2) is 0 Å². The third-order valence-corrected chi connectivity index (χ3v) is 3.18. The van der Waals surface area contributed by atoms with Gasteiger partial charge in [0.15, 0.2) is 0 Å². The predicted molar refractivity (Wildman–Crippen MR) is 69.4 cm³/mol. The summed E-state index contributed by atoms with van der Waals surface area (Å²) in [5.41, 5.74) is 5.89. The minimum absolute atomic E-state index is 0.0961. The van der Waals surface area contributed by atoms with Gasteiger partial charge in [-0.15, -0.1) is 6.42 Å². The molecule has 4 nitrogen and oxygen atoms in total. The number of unbranched alkanes of at least 4 members (excludes halogenated alkanes) is 1. The van der Waals surface area contributed by atoms with E-state index < -0.39 is 0 Å². The number of hydrogen-bond acceptors (Lipinski definition) is 3. The van der Waals surface area contributed by atoms with Gasteiger partial charge in [0.25, 0.3) is 0 Å². The molecule has 0 saturated carbocycles. The van der Waals surface area contributed by atoms with Gasteiger partial charge in [0, 0.05) is 26.2 Å². The fourth-order valence-electron chi connectivity index (χ4n) is 2.04. The Morgan fingerprint density at radius 1 is 1.41 bits per heavy atom. The van der Waals surface area contributed by atoms with Gasteiger partial charge in [0.2, 0.25) is 5.91 Å². The quantitative estimate of drug-likeness (QED) is 0.699. The van der Waals surface area contributed by atoms with E-state index in [0.717, 1.165) is 45.4 Å². The first kappa shape index (κ1) is 14.0. The van der Waals surface area contributed by atoms with Gasteiger partial charge in [-0.1, -0.05) is 25.7 Å². The molecule has 1 atom stereocenters. The summed E-state index contributed by atoms with van der Waals surface area (Å²) in [5.74, 6) is 2.73. The maximum absolute atomic E-state index is 12.0. The summed E-state index contributed by atoms with van der Waals surface area (Å²) >= 11 is 0. The summed E-state index contributed by atoms with van der Waals surface area (Å²) in [6.07, 6.45) is 8.15. The number of terminal acetylenes is 1. The van der Waals surface area contributed by atoms with Crippen LogP contribution in [-0.4, -0.2) is 54.5 Å². The maximum Gasteiger partial charge on any atom is 0.239 e. The van der Waals surface area contributed by atoms with Gasteiger partial charge < -0.3 is 10.6 Å². The molecule has 1 rings (SSSR count). The van der Waals surface area contributed by atoms with Gasteiger partial charge in [-0.3, -0.25) is 9.69 Å². The van der Waals surface area contributed by atoms with Crippen molar-refractivity contribution in [3.8, 4) is 12.3 Å². The molecule has 1 unspecified atom stereocenters. The normalized spacial score (nSPS) is 18.8. The second-order valence-electron chi connectivity index (χ2n) is 4.55. The fourth-order valence-corrected chi connectivity index (χ4v) is 2.04.